The van der Waals surface area contributed by atoms with Crippen LogP contribution in [0.25, 0.3) is 11.4 Å². The van der Waals surface area contributed by atoms with Gasteiger partial charge in [-0.25, -0.2) is 4.39 Å². The predicted molar refractivity (Wildman–Crippen MR) is 118 cm³/mol. The minimum Gasteiger partial charge on any atom is -0.493 e. The van der Waals surface area contributed by atoms with Crippen molar-refractivity contribution >= 4 is 11.6 Å². The van der Waals surface area contributed by atoms with Gasteiger partial charge in [-0.1, -0.05) is 24.1 Å². The average molecular weight is 423 g/mol. The fourth-order valence-electron chi connectivity index (χ4n) is 3.89. The summed E-state index contributed by atoms with van der Waals surface area (Å²) in [6, 6.07) is 10.6. The lowest BCUT2D eigenvalue weighted by Crippen LogP contribution is -2.16. The molecular formula is C24H27FN4O2. The van der Waals surface area contributed by atoms with Crippen molar-refractivity contribution in [2.24, 2.45) is 0 Å². The van der Waals surface area contributed by atoms with Crippen LogP contribution >= 0.6 is 0 Å². The maximum atomic E-state index is 14.4. The zero-order valence-electron chi connectivity index (χ0n) is 17.9. The molecule has 7 heteroatoms. The van der Waals surface area contributed by atoms with Gasteiger partial charge < -0.3 is 14.6 Å². The summed E-state index contributed by atoms with van der Waals surface area (Å²) in [6.07, 6.45) is 4.36. The van der Waals surface area contributed by atoms with Gasteiger partial charge in [0.1, 0.15) is 17.4 Å². The molecule has 0 aliphatic carbocycles. The smallest absolute Gasteiger partial charge is 0.227 e. The first kappa shape index (κ1) is 21.0. The molecule has 0 bridgehead atoms. The van der Waals surface area contributed by atoms with E-state index in [0.29, 0.717) is 5.82 Å². The van der Waals surface area contributed by atoms with Crippen molar-refractivity contribution < 1.29 is 13.9 Å². The second-order valence-corrected chi connectivity index (χ2v) is 8.01. The number of benzene rings is 2. The van der Waals surface area contributed by atoms with E-state index in [-0.39, 0.29) is 24.6 Å². The van der Waals surface area contributed by atoms with E-state index in [1.165, 1.54) is 6.07 Å². The zero-order chi connectivity index (χ0) is 21.8. The van der Waals surface area contributed by atoms with Gasteiger partial charge >= 0.3 is 0 Å². The fraction of sp³-hybridized carbons (Fsp3) is 0.375. The number of aromatic nitrogens is 3. The van der Waals surface area contributed by atoms with Crippen molar-refractivity contribution in [2.75, 3.05) is 11.9 Å². The summed E-state index contributed by atoms with van der Waals surface area (Å²) in [5.41, 5.74) is 3.05. The topological polar surface area (TPSA) is 69.0 Å². The number of aryl methyl sites for hydroxylation is 3. The minimum absolute atomic E-state index is 0.122. The van der Waals surface area contributed by atoms with E-state index in [9.17, 15) is 9.18 Å². The maximum absolute atomic E-state index is 14.4. The molecule has 1 aliphatic heterocycles. The van der Waals surface area contributed by atoms with Gasteiger partial charge in [0.15, 0.2) is 5.82 Å². The van der Waals surface area contributed by atoms with E-state index in [0.717, 1.165) is 60.5 Å². The van der Waals surface area contributed by atoms with Gasteiger partial charge in [0.25, 0.3) is 0 Å². The summed E-state index contributed by atoms with van der Waals surface area (Å²) in [5.74, 6) is 1.64. The van der Waals surface area contributed by atoms with Gasteiger partial charge in [-0.05, 0) is 56.5 Å². The van der Waals surface area contributed by atoms with E-state index in [1.807, 2.05) is 32.0 Å². The summed E-state index contributed by atoms with van der Waals surface area (Å²) >= 11 is 0. The summed E-state index contributed by atoms with van der Waals surface area (Å²) < 4.78 is 22.2. The Hall–Kier alpha value is -3.22. The minimum atomic E-state index is -0.483. The average Bonchev–Trinajstić information content (AvgIpc) is 2.99. The van der Waals surface area contributed by atoms with Gasteiger partial charge in [0, 0.05) is 18.5 Å². The molecule has 31 heavy (non-hydrogen) atoms. The van der Waals surface area contributed by atoms with Crippen LogP contribution in [0.2, 0.25) is 0 Å². The molecule has 1 aromatic heterocycles. The molecule has 1 aliphatic rings. The number of carbonyl (C=O) groups is 1. The number of hydrogen-bond acceptors (Lipinski definition) is 4. The Balaban J connectivity index is 1.42. The third-order valence-electron chi connectivity index (χ3n) is 5.53. The van der Waals surface area contributed by atoms with Crippen molar-refractivity contribution in [3.05, 3.63) is 59.2 Å². The molecule has 0 radical (unpaired) electrons. The van der Waals surface area contributed by atoms with Gasteiger partial charge in [0.2, 0.25) is 5.91 Å². The van der Waals surface area contributed by atoms with Crippen LogP contribution < -0.4 is 10.1 Å². The quantitative estimate of drug-likeness (QED) is 0.617. The van der Waals surface area contributed by atoms with Crippen LogP contribution in [0.15, 0.2) is 36.4 Å². The van der Waals surface area contributed by atoms with E-state index in [1.54, 1.807) is 12.1 Å². The maximum Gasteiger partial charge on any atom is 0.227 e. The SMILES string of the molecule is Cc1ccc(OCCC(=O)Nc2cc(-c3nnc4n3CCCCC4)ccc2F)c(C)c1. The number of carbonyl (C=O) groups excluding carboxylic acids is 1. The number of ether oxygens (including phenoxy) is 1. The van der Waals surface area contributed by atoms with Gasteiger partial charge in [-0.3, -0.25) is 4.79 Å². The molecule has 0 saturated carbocycles. The molecule has 6 nitrogen and oxygen atoms in total. The number of hydrogen-bond donors (Lipinski definition) is 1. The summed E-state index contributed by atoms with van der Waals surface area (Å²) in [5, 5.41) is 11.3. The van der Waals surface area contributed by atoms with Crippen LogP contribution in [0.3, 0.4) is 0 Å². The Bertz CT molecular complexity index is 1090. The molecule has 4 rings (SSSR count). The first-order valence-electron chi connectivity index (χ1n) is 10.7. The number of fused-ring (bicyclic) bond motifs is 1. The van der Waals surface area contributed by atoms with E-state index >= 15 is 0 Å². The molecule has 0 saturated heterocycles. The van der Waals surface area contributed by atoms with Crippen LogP contribution in [-0.2, 0) is 17.8 Å². The van der Waals surface area contributed by atoms with Crippen molar-refractivity contribution in [3.8, 4) is 17.1 Å². The molecule has 1 amide bonds. The summed E-state index contributed by atoms with van der Waals surface area (Å²) in [7, 11) is 0. The second kappa shape index (κ2) is 9.29. The Morgan fingerprint density at radius 2 is 2.00 bits per heavy atom. The van der Waals surface area contributed by atoms with Crippen LogP contribution in [-0.4, -0.2) is 27.3 Å². The first-order valence-corrected chi connectivity index (χ1v) is 10.7. The molecule has 2 aromatic carbocycles. The molecule has 0 fully saturated rings. The Labute approximate surface area is 181 Å². The third kappa shape index (κ3) is 4.93. The molecule has 3 aromatic rings. The highest BCUT2D eigenvalue weighted by atomic mass is 19.1. The standard InChI is InChI=1S/C24H27FN4O2/c1-16-7-10-21(17(2)14-16)31-13-11-23(30)26-20-15-18(8-9-19(20)25)24-28-27-22-6-4-3-5-12-29(22)24/h7-10,14-15H,3-6,11-13H2,1-2H3,(H,26,30). The molecule has 2 heterocycles. The fourth-order valence-corrected chi connectivity index (χ4v) is 3.89. The van der Waals surface area contributed by atoms with E-state index in [4.69, 9.17) is 4.74 Å². The van der Waals surface area contributed by atoms with E-state index < -0.39 is 5.82 Å². The normalized spacial score (nSPS) is 13.4. The number of nitrogens with one attached hydrogen (secondary N) is 1. The number of amides is 1. The first-order chi connectivity index (χ1) is 15.0. The Morgan fingerprint density at radius 1 is 1.13 bits per heavy atom. The molecule has 0 spiro atoms. The predicted octanol–water partition coefficient (Wildman–Crippen LogP) is 4.84. The van der Waals surface area contributed by atoms with Crippen molar-refractivity contribution in [1.82, 2.24) is 14.8 Å². The highest BCUT2D eigenvalue weighted by molar-refractivity contribution is 5.91. The van der Waals surface area contributed by atoms with Crippen molar-refractivity contribution in [2.45, 2.75) is 52.5 Å². The van der Waals surface area contributed by atoms with Gasteiger partial charge in [-0.15, -0.1) is 10.2 Å². The molecule has 0 unspecified atom stereocenters. The van der Waals surface area contributed by atoms with Crippen molar-refractivity contribution in [1.29, 1.82) is 0 Å². The van der Waals surface area contributed by atoms with Crippen LogP contribution in [0, 0.1) is 19.7 Å². The Kier molecular flexibility index (Phi) is 6.30. The lowest BCUT2D eigenvalue weighted by molar-refractivity contribution is -0.116. The number of anilines is 1. The van der Waals surface area contributed by atoms with Crippen LogP contribution in [0.4, 0.5) is 10.1 Å². The molecular weight excluding hydrogens is 395 g/mol. The zero-order valence-corrected chi connectivity index (χ0v) is 17.9. The summed E-state index contributed by atoms with van der Waals surface area (Å²) in [4.78, 5) is 12.4. The van der Waals surface area contributed by atoms with Crippen LogP contribution in [0.1, 0.15) is 42.6 Å². The third-order valence-corrected chi connectivity index (χ3v) is 5.53. The lowest BCUT2D eigenvalue weighted by Gasteiger charge is -2.12. The monoisotopic (exact) mass is 422 g/mol. The largest absolute Gasteiger partial charge is 0.493 e. The van der Waals surface area contributed by atoms with E-state index in [2.05, 4.69) is 20.1 Å². The van der Waals surface area contributed by atoms with Gasteiger partial charge in [-0.2, -0.15) is 0 Å². The molecule has 162 valence electrons. The second-order valence-electron chi connectivity index (χ2n) is 8.01. The highest BCUT2D eigenvalue weighted by Gasteiger charge is 2.17. The molecule has 0 atom stereocenters. The van der Waals surface area contributed by atoms with Crippen molar-refractivity contribution in [3.63, 3.8) is 0 Å². The highest BCUT2D eigenvalue weighted by Crippen LogP contribution is 2.27. The molecule has 1 N–H and O–H groups in total. The number of nitrogens with zero attached hydrogens (tertiary/aromatic N) is 3. The number of halogens is 1. The van der Waals surface area contributed by atoms with Crippen LogP contribution in [0.5, 0.6) is 5.75 Å². The summed E-state index contributed by atoms with van der Waals surface area (Å²) in [6.45, 7) is 5.06. The number of rotatable bonds is 6. The Morgan fingerprint density at radius 3 is 2.84 bits per heavy atom. The lowest BCUT2D eigenvalue weighted by atomic mass is 10.1. The van der Waals surface area contributed by atoms with Gasteiger partial charge in [0.05, 0.1) is 18.7 Å².